The highest BCUT2D eigenvalue weighted by Crippen LogP contribution is 2.22. The van der Waals surface area contributed by atoms with E-state index in [-0.39, 0.29) is 6.54 Å². The molecule has 0 fully saturated rings. The van der Waals surface area contributed by atoms with Crippen molar-refractivity contribution in [3.63, 3.8) is 0 Å². The molecule has 0 spiro atoms. The lowest BCUT2D eigenvalue weighted by atomic mass is 10.3. The fourth-order valence-electron chi connectivity index (χ4n) is 1.84. The summed E-state index contributed by atoms with van der Waals surface area (Å²) in [6.07, 6.45) is 0.831. The minimum atomic E-state index is -3.50. The second-order valence-electron chi connectivity index (χ2n) is 5.09. The van der Waals surface area contributed by atoms with Gasteiger partial charge in [0.1, 0.15) is 4.21 Å². The molecule has 0 amide bonds. The largest absolute Gasteiger partial charge is 0.347 e. The molecule has 0 saturated heterocycles. The van der Waals surface area contributed by atoms with E-state index in [4.69, 9.17) is 0 Å². The van der Waals surface area contributed by atoms with Gasteiger partial charge < -0.3 is 4.90 Å². The van der Waals surface area contributed by atoms with Gasteiger partial charge in [0, 0.05) is 24.7 Å². The number of thiophene rings is 1. The number of hydrogen-bond acceptors (Lipinski definition) is 6. The predicted octanol–water partition coefficient (Wildman–Crippen LogP) is 1.95. The number of nitrogens with one attached hydrogen (secondary N) is 1. The van der Waals surface area contributed by atoms with Crippen molar-refractivity contribution in [2.45, 2.75) is 31.0 Å². The van der Waals surface area contributed by atoms with E-state index in [1.165, 1.54) is 11.3 Å². The number of aromatic nitrogens is 2. The summed E-state index contributed by atoms with van der Waals surface area (Å²) < 4.78 is 27.5. The molecular formula is C14H20N4O2S2. The quantitative estimate of drug-likeness (QED) is 0.870. The topological polar surface area (TPSA) is 75.2 Å². The Hall–Kier alpha value is -1.51. The van der Waals surface area contributed by atoms with Crippen LogP contribution in [0.4, 0.5) is 5.95 Å². The summed E-state index contributed by atoms with van der Waals surface area (Å²) >= 11 is 1.29. The van der Waals surface area contributed by atoms with Crippen LogP contribution in [-0.4, -0.2) is 32.5 Å². The molecule has 0 aliphatic carbocycles. The molecule has 0 radical (unpaired) electrons. The molecule has 0 aromatic carbocycles. The maximum Gasteiger partial charge on any atom is 0.250 e. The first-order valence-electron chi connectivity index (χ1n) is 6.92. The van der Waals surface area contributed by atoms with E-state index < -0.39 is 10.0 Å². The van der Waals surface area contributed by atoms with E-state index in [0.717, 1.165) is 17.0 Å². The van der Waals surface area contributed by atoms with Gasteiger partial charge >= 0.3 is 0 Å². The molecule has 120 valence electrons. The van der Waals surface area contributed by atoms with E-state index in [2.05, 4.69) is 14.7 Å². The Kier molecular flexibility index (Phi) is 5.15. The lowest BCUT2D eigenvalue weighted by Gasteiger charge is -2.12. The highest BCUT2D eigenvalue weighted by molar-refractivity contribution is 7.91. The van der Waals surface area contributed by atoms with Crippen molar-refractivity contribution >= 4 is 27.3 Å². The Morgan fingerprint density at radius 1 is 1.27 bits per heavy atom. The first-order valence-corrected chi connectivity index (χ1v) is 9.22. The highest BCUT2D eigenvalue weighted by atomic mass is 32.2. The summed E-state index contributed by atoms with van der Waals surface area (Å²) in [4.78, 5) is 11.5. The zero-order valence-electron chi connectivity index (χ0n) is 13.1. The third-order valence-electron chi connectivity index (χ3n) is 2.99. The van der Waals surface area contributed by atoms with Crippen LogP contribution in [0.5, 0.6) is 0 Å². The van der Waals surface area contributed by atoms with Gasteiger partial charge in [-0.25, -0.2) is 23.1 Å². The summed E-state index contributed by atoms with van der Waals surface area (Å²) in [5.74, 6) is 0.568. The van der Waals surface area contributed by atoms with Crippen LogP contribution in [0, 0.1) is 6.92 Å². The van der Waals surface area contributed by atoms with Crippen molar-refractivity contribution in [1.29, 1.82) is 0 Å². The van der Waals surface area contributed by atoms with Crippen molar-refractivity contribution in [2.24, 2.45) is 0 Å². The Balaban J connectivity index is 2.15. The lowest BCUT2D eigenvalue weighted by Crippen LogP contribution is -2.24. The molecule has 2 aromatic heterocycles. The predicted molar refractivity (Wildman–Crippen MR) is 88.8 cm³/mol. The molecule has 0 unspecified atom stereocenters. The Morgan fingerprint density at radius 2 is 2.00 bits per heavy atom. The molecule has 2 rings (SSSR count). The number of hydrogen-bond donors (Lipinski definition) is 1. The molecule has 0 saturated carbocycles. The fraction of sp³-hybridized carbons (Fsp3) is 0.429. The van der Waals surface area contributed by atoms with Crippen molar-refractivity contribution in [3.8, 4) is 0 Å². The summed E-state index contributed by atoms with van der Waals surface area (Å²) in [5.41, 5.74) is 1.45. The minimum absolute atomic E-state index is 0.145. The number of anilines is 1. The number of rotatable bonds is 6. The summed E-state index contributed by atoms with van der Waals surface area (Å²) in [5, 5.41) is 0. The van der Waals surface area contributed by atoms with Crippen LogP contribution in [0.2, 0.25) is 0 Å². The molecular weight excluding hydrogens is 320 g/mol. The average molecular weight is 340 g/mol. The number of nitrogens with zero attached hydrogens (tertiary/aromatic N) is 3. The lowest BCUT2D eigenvalue weighted by molar-refractivity contribution is 0.582. The smallest absolute Gasteiger partial charge is 0.250 e. The SMILES string of the molecule is CCc1ccc(S(=O)(=O)NCc2cc(C)nc(N(C)C)n2)s1. The third-order valence-corrected chi connectivity index (χ3v) is 6.11. The van der Waals surface area contributed by atoms with Gasteiger partial charge in [0.05, 0.1) is 12.2 Å². The van der Waals surface area contributed by atoms with Gasteiger partial charge in [-0.3, -0.25) is 0 Å². The Morgan fingerprint density at radius 3 is 2.59 bits per heavy atom. The van der Waals surface area contributed by atoms with Crippen LogP contribution in [0.3, 0.4) is 0 Å². The Labute approximate surface area is 135 Å². The molecule has 22 heavy (non-hydrogen) atoms. The first-order chi connectivity index (χ1) is 10.3. The second-order valence-corrected chi connectivity index (χ2v) is 8.26. The summed E-state index contributed by atoms with van der Waals surface area (Å²) in [6.45, 7) is 4.01. The van der Waals surface area contributed by atoms with E-state index >= 15 is 0 Å². The minimum Gasteiger partial charge on any atom is -0.347 e. The molecule has 2 heterocycles. The van der Waals surface area contributed by atoms with Crippen LogP contribution >= 0.6 is 11.3 Å². The van der Waals surface area contributed by atoms with E-state index in [9.17, 15) is 8.42 Å². The van der Waals surface area contributed by atoms with Crippen molar-refractivity contribution in [3.05, 3.63) is 34.5 Å². The van der Waals surface area contributed by atoms with E-state index in [1.54, 1.807) is 17.0 Å². The van der Waals surface area contributed by atoms with Crippen LogP contribution in [0.15, 0.2) is 22.4 Å². The van der Waals surface area contributed by atoms with Crippen molar-refractivity contribution < 1.29 is 8.42 Å². The van der Waals surface area contributed by atoms with Gasteiger partial charge in [-0.05, 0) is 31.5 Å². The van der Waals surface area contributed by atoms with Crippen molar-refractivity contribution in [2.75, 3.05) is 19.0 Å². The van der Waals surface area contributed by atoms with Crippen LogP contribution < -0.4 is 9.62 Å². The fourth-order valence-corrected chi connectivity index (χ4v) is 4.18. The van der Waals surface area contributed by atoms with Gasteiger partial charge in [-0.2, -0.15) is 0 Å². The number of sulfonamides is 1. The molecule has 8 heteroatoms. The maximum atomic E-state index is 12.3. The number of aryl methyl sites for hydroxylation is 2. The van der Waals surface area contributed by atoms with Gasteiger partial charge in [0.15, 0.2) is 0 Å². The molecule has 0 bridgehead atoms. The van der Waals surface area contributed by atoms with Gasteiger partial charge in [0.2, 0.25) is 16.0 Å². The molecule has 0 atom stereocenters. The van der Waals surface area contributed by atoms with Crippen LogP contribution in [-0.2, 0) is 23.0 Å². The van der Waals surface area contributed by atoms with Crippen LogP contribution in [0.25, 0.3) is 0 Å². The normalized spacial score (nSPS) is 11.6. The molecule has 0 aliphatic rings. The third kappa shape index (κ3) is 4.02. The molecule has 2 aromatic rings. The molecule has 1 N–H and O–H groups in total. The standard InChI is InChI=1S/C14H20N4O2S2/c1-5-12-6-7-13(21-12)22(19,20)15-9-11-8-10(2)16-14(17-11)18(3)4/h6-8,15H,5,9H2,1-4H3. The zero-order valence-corrected chi connectivity index (χ0v) is 14.8. The van der Waals surface area contributed by atoms with E-state index in [0.29, 0.717) is 15.9 Å². The average Bonchev–Trinajstić information content (AvgIpc) is 2.94. The summed E-state index contributed by atoms with van der Waals surface area (Å²) in [7, 11) is 0.197. The van der Waals surface area contributed by atoms with Crippen molar-refractivity contribution in [1.82, 2.24) is 14.7 Å². The molecule has 0 aliphatic heterocycles. The van der Waals surface area contributed by atoms with Gasteiger partial charge in [-0.15, -0.1) is 11.3 Å². The summed E-state index contributed by atoms with van der Waals surface area (Å²) in [6, 6.07) is 5.27. The van der Waals surface area contributed by atoms with Gasteiger partial charge in [-0.1, -0.05) is 6.92 Å². The van der Waals surface area contributed by atoms with Crippen LogP contribution in [0.1, 0.15) is 23.2 Å². The van der Waals surface area contributed by atoms with Gasteiger partial charge in [0.25, 0.3) is 0 Å². The Bertz CT molecular complexity index is 754. The monoisotopic (exact) mass is 340 g/mol. The van der Waals surface area contributed by atoms with E-state index in [1.807, 2.05) is 34.0 Å². The second kappa shape index (κ2) is 6.72. The molecule has 6 nitrogen and oxygen atoms in total. The first kappa shape index (κ1) is 16.9. The maximum absolute atomic E-state index is 12.3. The zero-order chi connectivity index (χ0) is 16.3. The highest BCUT2D eigenvalue weighted by Gasteiger charge is 2.17.